The number of nitrogens with one attached hydrogen (secondary N) is 2. The van der Waals surface area contributed by atoms with Gasteiger partial charge in [-0.15, -0.1) is 5.10 Å². The summed E-state index contributed by atoms with van der Waals surface area (Å²) in [6, 6.07) is 1.28. The predicted octanol–water partition coefficient (Wildman–Crippen LogP) is 3.62. The minimum absolute atomic E-state index is 0.00126. The first kappa shape index (κ1) is 20.1. The molecule has 1 fully saturated rings. The zero-order valence-electron chi connectivity index (χ0n) is 16.2. The smallest absolute Gasteiger partial charge is 0.320 e. The Hall–Kier alpha value is -3.22. The normalized spacial score (nSPS) is 20.5. The van der Waals surface area contributed by atoms with E-state index >= 15 is 0 Å². The zero-order valence-corrected chi connectivity index (χ0v) is 16.2. The monoisotopic (exact) mass is 422 g/mol. The number of halogens is 4. The number of carbonyl (C=O) groups excluding carboxylic acids is 1. The van der Waals surface area contributed by atoms with Gasteiger partial charge in [-0.25, -0.2) is 18.0 Å². The van der Waals surface area contributed by atoms with Crippen LogP contribution >= 0.6 is 0 Å². The van der Waals surface area contributed by atoms with Gasteiger partial charge in [-0.2, -0.15) is 4.39 Å². The van der Waals surface area contributed by atoms with E-state index in [1.165, 1.54) is 13.2 Å². The lowest BCUT2D eigenvalue weighted by molar-refractivity contribution is -0.0465. The van der Waals surface area contributed by atoms with Crippen molar-refractivity contribution in [1.82, 2.24) is 15.1 Å². The molecule has 30 heavy (non-hydrogen) atoms. The molecule has 1 saturated carbocycles. The Kier molecular flexibility index (Phi) is 4.64. The van der Waals surface area contributed by atoms with E-state index in [1.54, 1.807) is 0 Å². The minimum atomic E-state index is -3.49. The van der Waals surface area contributed by atoms with Gasteiger partial charge in [0.05, 0.1) is 19.9 Å². The zero-order chi connectivity index (χ0) is 21.7. The van der Waals surface area contributed by atoms with Gasteiger partial charge < -0.3 is 15.4 Å². The van der Waals surface area contributed by atoms with Crippen LogP contribution in [0.25, 0.3) is 0 Å². The van der Waals surface area contributed by atoms with Gasteiger partial charge in [0.25, 0.3) is 11.8 Å². The van der Waals surface area contributed by atoms with Gasteiger partial charge in [-0.1, -0.05) is 11.8 Å². The maximum atomic E-state index is 14.9. The number of alkyl halides is 2. The van der Waals surface area contributed by atoms with Crippen molar-refractivity contribution >= 4 is 11.7 Å². The second-order valence-corrected chi connectivity index (χ2v) is 7.43. The second kappa shape index (κ2) is 6.93. The summed E-state index contributed by atoms with van der Waals surface area (Å²) in [7, 11) is 1.24. The fourth-order valence-corrected chi connectivity index (χ4v) is 3.31. The highest BCUT2D eigenvalue weighted by molar-refractivity contribution is 5.95. The number of anilines is 1. The first-order chi connectivity index (χ1) is 14.1. The molecule has 1 aromatic carbocycles. The molecule has 0 spiro atoms. The van der Waals surface area contributed by atoms with E-state index < -0.39 is 29.1 Å². The van der Waals surface area contributed by atoms with Crippen LogP contribution in [0.4, 0.5) is 28.0 Å². The van der Waals surface area contributed by atoms with E-state index in [-0.39, 0.29) is 35.2 Å². The predicted molar refractivity (Wildman–Crippen MR) is 99.2 cm³/mol. The molecule has 2 aliphatic rings. The molecule has 4 rings (SSSR count). The van der Waals surface area contributed by atoms with E-state index in [9.17, 15) is 22.4 Å². The summed E-state index contributed by atoms with van der Waals surface area (Å²) in [6.45, 7) is 0.431. The van der Waals surface area contributed by atoms with Crippen molar-refractivity contribution in [2.75, 3.05) is 12.4 Å². The molecule has 2 heterocycles. The summed E-state index contributed by atoms with van der Waals surface area (Å²) in [4.78, 5) is 12.2. The number of benzene rings is 1. The van der Waals surface area contributed by atoms with E-state index in [0.717, 1.165) is 29.8 Å². The van der Waals surface area contributed by atoms with Gasteiger partial charge in [-0.3, -0.25) is 4.68 Å². The minimum Gasteiger partial charge on any atom is -0.478 e. The van der Waals surface area contributed by atoms with Crippen molar-refractivity contribution in [3.05, 3.63) is 41.1 Å². The van der Waals surface area contributed by atoms with Gasteiger partial charge in [0.2, 0.25) is 5.82 Å². The number of hydrogen-bond donors (Lipinski definition) is 2. The highest BCUT2D eigenvalue weighted by Gasteiger charge is 2.55. The summed E-state index contributed by atoms with van der Waals surface area (Å²) in [5.41, 5.74) is -2.52. The first-order valence-electron chi connectivity index (χ1n) is 9.22. The van der Waals surface area contributed by atoms with E-state index in [1.807, 2.05) is 0 Å². The summed E-state index contributed by atoms with van der Waals surface area (Å²) in [6.07, 6.45) is 2.62. The molecule has 6 nitrogen and oxygen atoms in total. The van der Waals surface area contributed by atoms with Gasteiger partial charge in [-0.05, 0) is 25.0 Å². The number of urea groups is 1. The molecule has 2 N–H and O–H groups in total. The first-order valence-corrected chi connectivity index (χ1v) is 9.22. The molecule has 158 valence electrons. The van der Waals surface area contributed by atoms with Crippen molar-refractivity contribution in [2.45, 2.75) is 37.8 Å². The Balaban J connectivity index is 1.79. The van der Waals surface area contributed by atoms with Crippen LogP contribution in [0.1, 0.15) is 30.9 Å². The average Bonchev–Trinajstić information content (AvgIpc) is 3.42. The van der Waals surface area contributed by atoms with Crippen molar-refractivity contribution in [1.29, 1.82) is 0 Å². The van der Waals surface area contributed by atoms with Crippen LogP contribution < -0.4 is 15.4 Å². The van der Waals surface area contributed by atoms with Crippen molar-refractivity contribution in [3.63, 3.8) is 0 Å². The average molecular weight is 422 g/mol. The molecule has 0 saturated heterocycles. The fourth-order valence-electron chi connectivity index (χ4n) is 3.31. The van der Waals surface area contributed by atoms with E-state index in [2.05, 4.69) is 27.6 Å². The van der Waals surface area contributed by atoms with Crippen molar-refractivity contribution in [3.8, 4) is 17.7 Å². The Morgan fingerprint density at radius 1 is 1.33 bits per heavy atom. The van der Waals surface area contributed by atoms with Crippen molar-refractivity contribution in [2.24, 2.45) is 5.92 Å². The molecular weight excluding hydrogens is 404 g/mol. The van der Waals surface area contributed by atoms with Crippen LogP contribution in [0.5, 0.6) is 5.88 Å². The number of carbonyl (C=O) groups is 1. The lowest BCUT2D eigenvalue weighted by Crippen LogP contribution is -2.59. The third kappa shape index (κ3) is 3.44. The van der Waals surface area contributed by atoms with Crippen LogP contribution in [0.3, 0.4) is 0 Å². The summed E-state index contributed by atoms with van der Waals surface area (Å²) >= 11 is 0. The second-order valence-electron chi connectivity index (χ2n) is 7.43. The molecule has 2 aromatic rings. The molecule has 0 unspecified atom stereocenters. The highest BCUT2D eigenvalue weighted by atomic mass is 19.3. The number of nitrogens with zero attached hydrogens (tertiary/aromatic N) is 2. The molecule has 1 aliphatic carbocycles. The number of methoxy groups -OCH3 is 1. The van der Waals surface area contributed by atoms with Gasteiger partial charge in [0.15, 0.2) is 5.54 Å². The molecule has 10 heteroatoms. The molecule has 1 aliphatic heterocycles. The van der Waals surface area contributed by atoms with Gasteiger partial charge in [0.1, 0.15) is 5.82 Å². The molecule has 2 amide bonds. The van der Waals surface area contributed by atoms with Gasteiger partial charge in [0, 0.05) is 29.7 Å². The topological polar surface area (TPSA) is 68.2 Å². The van der Waals surface area contributed by atoms with Crippen LogP contribution in [0, 0.1) is 29.4 Å². The highest BCUT2D eigenvalue weighted by Crippen LogP contribution is 2.44. The lowest BCUT2D eigenvalue weighted by atomic mass is 9.81. The van der Waals surface area contributed by atoms with Gasteiger partial charge >= 0.3 is 6.03 Å². The molecular formula is C20H18F4N4O2. The van der Waals surface area contributed by atoms with Crippen LogP contribution in [0.15, 0.2) is 18.3 Å². The van der Waals surface area contributed by atoms with Crippen LogP contribution in [0.2, 0.25) is 0 Å². The number of ether oxygens (including phenoxy) is 1. The maximum Gasteiger partial charge on any atom is 0.320 e. The number of rotatable bonds is 4. The maximum absolute atomic E-state index is 14.9. The molecule has 0 bridgehead atoms. The lowest BCUT2D eigenvalue weighted by Gasteiger charge is -2.40. The Bertz CT molecular complexity index is 1080. The Labute approximate surface area is 169 Å². The third-order valence-corrected chi connectivity index (χ3v) is 5.05. The van der Waals surface area contributed by atoms with Crippen LogP contribution in [-0.2, 0) is 12.1 Å². The van der Waals surface area contributed by atoms with E-state index in [0.29, 0.717) is 6.92 Å². The summed E-state index contributed by atoms with van der Waals surface area (Å²) in [5.74, 6) is -0.0256. The van der Waals surface area contributed by atoms with Crippen LogP contribution in [-0.4, -0.2) is 28.8 Å². The molecule has 1 atom stereocenters. The quantitative estimate of drug-likeness (QED) is 0.584. The standard InChI is InChI=1S/C20H18F4N4O2/c1-19(23,24)20(6-5-11-3-4-11)13-8-14(21)12(7-16(13)25-18(29)26-20)9-28-10-15(22)17(27-28)30-2/h7-8,10-11H,3-4,9H2,1-2H3,(H2,25,26,29)/t20-/m0/s1. The van der Waals surface area contributed by atoms with Crippen molar-refractivity contribution < 1.29 is 27.1 Å². The number of aromatic nitrogens is 2. The molecule has 0 radical (unpaired) electrons. The summed E-state index contributed by atoms with van der Waals surface area (Å²) < 4.78 is 63.8. The van der Waals surface area contributed by atoms with E-state index in [4.69, 9.17) is 4.74 Å². The Morgan fingerprint density at radius 2 is 2.07 bits per heavy atom. The number of hydrogen-bond acceptors (Lipinski definition) is 3. The third-order valence-electron chi connectivity index (χ3n) is 5.05. The largest absolute Gasteiger partial charge is 0.478 e. The number of amides is 2. The number of fused-ring (bicyclic) bond motifs is 1. The Morgan fingerprint density at radius 3 is 2.67 bits per heavy atom. The fraction of sp³-hybridized carbons (Fsp3) is 0.400. The SMILES string of the molecule is COc1nn(Cc2cc3c(cc2F)[C@@](C#CC2CC2)(C(C)(F)F)NC(=O)N3)cc1F. The summed E-state index contributed by atoms with van der Waals surface area (Å²) in [5, 5.41) is 8.45. The molecule has 1 aromatic heterocycles.